The number of fused-ring (bicyclic) bond motifs is 1. The number of carbonyl (C=O) groups is 1. The van der Waals surface area contributed by atoms with Crippen molar-refractivity contribution >= 4 is 5.91 Å². The van der Waals surface area contributed by atoms with Gasteiger partial charge in [0.1, 0.15) is 0 Å². The third kappa shape index (κ3) is 3.37. The molecule has 0 aliphatic carbocycles. The van der Waals surface area contributed by atoms with Crippen LogP contribution >= 0.6 is 0 Å². The van der Waals surface area contributed by atoms with Crippen LogP contribution in [0, 0.1) is 5.92 Å². The minimum atomic E-state index is -0.134. The lowest BCUT2D eigenvalue weighted by Crippen LogP contribution is -2.48. The van der Waals surface area contributed by atoms with Crippen molar-refractivity contribution in [3.63, 3.8) is 0 Å². The van der Waals surface area contributed by atoms with E-state index in [9.17, 15) is 4.79 Å². The minimum Gasteiger partial charge on any atom is -0.375 e. The third-order valence-corrected chi connectivity index (χ3v) is 5.31. The third-order valence-electron chi connectivity index (χ3n) is 5.31. The van der Waals surface area contributed by atoms with Crippen molar-refractivity contribution in [2.75, 3.05) is 19.7 Å². The van der Waals surface area contributed by atoms with Crippen molar-refractivity contribution in [3.8, 4) is 5.69 Å². The highest BCUT2D eigenvalue weighted by Crippen LogP contribution is 2.26. The Labute approximate surface area is 153 Å². The number of nitrogens with one attached hydrogen (secondary N) is 1. The van der Waals surface area contributed by atoms with Crippen LogP contribution < -0.4 is 5.32 Å². The van der Waals surface area contributed by atoms with Gasteiger partial charge in [0, 0.05) is 25.2 Å². The normalized spacial score (nSPS) is 26.0. The molecule has 0 bridgehead atoms. The average Bonchev–Trinajstić information content (AvgIpc) is 3.28. The predicted octanol–water partition coefficient (Wildman–Crippen LogP) is 1.49. The van der Waals surface area contributed by atoms with Crippen molar-refractivity contribution in [3.05, 3.63) is 42.2 Å². The second-order valence-corrected chi connectivity index (χ2v) is 7.50. The molecule has 1 amide bonds. The molecule has 138 valence electrons. The summed E-state index contributed by atoms with van der Waals surface area (Å²) in [5.41, 5.74) is 1.28. The first kappa shape index (κ1) is 17.2. The molecule has 0 spiro atoms. The molecule has 7 nitrogen and oxygen atoms in total. The van der Waals surface area contributed by atoms with Crippen LogP contribution in [0.25, 0.3) is 5.69 Å². The highest BCUT2D eigenvalue weighted by Gasteiger charge is 2.38. The molecule has 4 rings (SSSR count). The number of aromatic nitrogens is 3. The Morgan fingerprint density at radius 2 is 2.08 bits per heavy atom. The van der Waals surface area contributed by atoms with Crippen LogP contribution in [-0.4, -0.2) is 63.7 Å². The van der Waals surface area contributed by atoms with Crippen LogP contribution in [-0.2, 0) is 4.74 Å². The van der Waals surface area contributed by atoms with Crippen LogP contribution in [0.2, 0.25) is 0 Å². The fraction of sp³-hybridized carbons (Fsp3) is 0.526. The molecular weight excluding hydrogens is 330 g/mol. The number of ether oxygens (including phenoxy) is 1. The number of hydrogen-bond acceptors (Lipinski definition) is 5. The zero-order valence-corrected chi connectivity index (χ0v) is 15.2. The van der Waals surface area contributed by atoms with Gasteiger partial charge in [-0.15, -0.1) is 5.10 Å². The van der Waals surface area contributed by atoms with Crippen molar-refractivity contribution in [2.24, 2.45) is 5.92 Å². The molecule has 1 N–H and O–H groups in total. The summed E-state index contributed by atoms with van der Waals surface area (Å²) in [6.07, 6.45) is 2.72. The van der Waals surface area contributed by atoms with Gasteiger partial charge in [-0.3, -0.25) is 9.69 Å². The molecule has 2 aromatic rings. The van der Waals surface area contributed by atoms with Gasteiger partial charge in [0.15, 0.2) is 5.69 Å². The zero-order chi connectivity index (χ0) is 18.1. The van der Waals surface area contributed by atoms with Crippen LogP contribution in [0.5, 0.6) is 0 Å². The monoisotopic (exact) mass is 355 g/mol. The number of hydrogen-bond donors (Lipinski definition) is 1. The van der Waals surface area contributed by atoms with E-state index >= 15 is 0 Å². The van der Waals surface area contributed by atoms with Gasteiger partial charge in [-0.05, 0) is 24.5 Å². The smallest absolute Gasteiger partial charge is 0.271 e. The fourth-order valence-corrected chi connectivity index (χ4v) is 3.82. The molecule has 3 heterocycles. The van der Waals surface area contributed by atoms with Crippen LogP contribution in [0.4, 0.5) is 0 Å². The number of nitrogens with zero attached hydrogens (tertiary/aromatic N) is 4. The second-order valence-electron chi connectivity index (χ2n) is 7.50. The quantitative estimate of drug-likeness (QED) is 0.900. The molecular formula is C19H25N5O2. The lowest BCUT2D eigenvalue weighted by molar-refractivity contribution is -0.0683. The highest BCUT2D eigenvalue weighted by atomic mass is 16.5. The Balaban J connectivity index is 1.42. The van der Waals surface area contributed by atoms with Crippen molar-refractivity contribution in [1.29, 1.82) is 0 Å². The Bertz CT molecular complexity index is 760. The van der Waals surface area contributed by atoms with E-state index in [0.717, 1.165) is 31.8 Å². The van der Waals surface area contributed by atoms with Gasteiger partial charge in [0.2, 0.25) is 0 Å². The van der Waals surface area contributed by atoms with Gasteiger partial charge in [-0.25, -0.2) is 4.68 Å². The molecule has 0 saturated carbocycles. The molecule has 2 aliphatic rings. The van der Waals surface area contributed by atoms with Gasteiger partial charge in [-0.1, -0.05) is 37.3 Å². The maximum atomic E-state index is 12.8. The van der Waals surface area contributed by atoms with E-state index in [1.165, 1.54) is 6.20 Å². The van der Waals surface area contributed by atoms with Crippen LogP contribution in [0.15, 0.2) is 36.5 Å². The summed E-state index contributed by atoms with van der Waals surface area (Å²) in [4.78, 5) is 15.2. The summed E-state index contributed by atoms with van der Waals surface area (Å²) >= 11 is 0. The van der Waals surface area contributed by atoms with Gasteiger partial charge in [0.05, 0.1) is 24.6 Å². The summed E-state index contributed by atoms with van der Waals surface area (Å²) in [6, 6.07) is 10.1. The minimum absolute atomic E-state index is 0.126. The predicted molar refractivity (Wildman–Crippen MR) is 97.2 cm³/mol. The summed E-state index contributed by atoms with van der Waals surface area (Å²) in [5, 5.41) is 11.1. The van der Waals surface area contributed by atoms with Gasteiger partial charge < -0.3 is 10.1 Å². The van der Waals surface area contributed by atoms with E-state index < -0.39 is 0 Å². The number of carbonyl (C=O) groups excluding carboxylic acids is 1. The van der Waals surface area contributed by atoms with E-state index in [1.807, 2.05) is 30.3 Å². The number of morpholine rings is 1. The second kappa shape index (κ2) is 7.17. The zero-order valence-electron chi connectivity index (χ0n) is 15.2. The Hall–Kier alpha value is -2.25. The number of para-hydroxylation sites is 1. The molecule has 3 atom stereocenters. The van der Waals surface area contributed by atoms with E-state index in [2.05, 4.69) is 34.4 Å². The number of amides is 1. The highest BCUT2D eigenvalue weighted by molar-refractivity contribution is 5.93. The first-order valence-corrected chi connectivity index (χ1v) is 9.24. The Morgan fingerprint density at radius 3 is 2.85 bits per heavy atom. The molecule has 2 aliphatic heterocycles. The molecule has 26 heavy (non-hydrogen) atoms. The summed E-state index contributed by atoms with van der Waals surface area (Å²) < 4.78 is 7.56. The molecule has 7 heteroatoms. The van der Waals surface area contributed by atoms with E-state index in [1.54, 1.807) is 4.68 Å². The summed E-state index contributed by atoms with van der Waals surface area (Å²) in [7, 11) is 0. The Kier molecular flexibility index (Phi) is 4.74. The molecule has 0 radical (unpaired) electrons. The van der Waals surface area contributed by atoms with E-state index in [4.69, 9.17) is 4.74 Å². The lowest BCUT2D eigenvalue weighted by Gasteiger charge is -2.36. The molecule has 1 aromatic carbocycles. The average molecular weight is 355 g/mol. The van der Waals surface area contributed by atoms with Crippen molar-refractivity contribution in [1.82, 2.24) is 25.2 Å². The maximum Gasteiger partial charge on any atom is 0.271 e. The topological polar surface area (TPSA) is 72.3 Å². The molecule has 0 unspecified atom stereocenters. The first-order valence-electron chi connectivity index (χ1n) is 9.24. The molecule has 1 aromatic heterocycles. The van der Waals surface area contributed by atoms with Gasteiger partial charge in [-0.2, -0.15) is 0 Å². The van der Waals surface area contributed by atoms with E-state index in [0.29, 0.717) is 17.7 Å². The molecule has 2 saturated heterocycles. The van der Waals surface area contributed by atoms with Gasteiger partial charge in [0.25, 0.3) is 5.91 Å². The van der Waals surface area contributed by atoms with Crippen molar-refractivity contribution < 1.29 is 9.53 Å². The van der Waals surface area contributed by atoms with Gasteiger partial charge >= 0.3 is 0 Å². The molecule has 2 fully saturated rings. The van der Waals surface area contributed by atoms with Crippen LogP contribution in [0.3, 0.4) is 0 Å². The fourth-order valence-electron chi connectivity index (χ4n) is 3.82. The number of benzene rings is 1. The van der Waals surface area contributed by atoms with E-state index in [-0.39, 0.29) is 18.1 Å². The standard InChI is InChI=1S/C19H25N5O2/c1-13(2)18-11-23-10-14(8-16(23)12-26-18)21-19(25)17-9-20-22-24(17)15-6-4-3-5-7-15/h3-7,9,13-14,16,18H,8,10-12H2,1-2H3,(H,21,25)/t14-,16-,18+/m0/s1. The van der Waals surface area contributed by atoms with Crippen molar-refractivity contribution in [2.45, 2.75) is 38.5 Å². The SMILES string of the molecule is CC(C)[C@H]1CN2C[C@@H](NC(=O)c3cnnn3-c3ccccc3)C[C@H]2CO1. The summed E-state index contributed by atoms with van der Waals surface area (Å²) in [5.74, 6) is 0.376. The largest absolute Gasteiger partial charge is 0.375 e. The maximum absolute atomic E-state index is 12.8. The first-order chi connectivity index (χ1) is 12.6. The van der Waals surface area contributed by atoms with Crippen LogP contribution in [0.1, 0.15) is 30.8 Å². The lowest BCUT2D eigenvalue weighted by atomic mass is 10.0. The summed E-state index contributed by atoms with van der Waals surface area (Å²) in [6.45, 7) is 6.95. The Morgan fingerprint density at radius 1 is 1.27 bits per heavy atom. The number of rotatable bonds is 4.